The van der Waals surface area contributed by atoms with Crippen LogP contribution in [0.5, 0.6) is 5.75 Å². The van der Waals surface area contributed by atoms with Crippen LogP contribution >= 0.6 is 0 Å². The molecule has 0 saturated carbocycles. The fourth-order valence-electron chi connectivity index (χ4n) is 2.58. The Morgan fingerprint density at radius 2 is 2.47 bits per heavy atom. The summed E-state index contributed by atoms with van der Waals surface area (Å²) in [5.41, 5.74) is 2.88. The van der Waals surface area contributed by atoms with Gasteiger partial charge in [-0.05, 0) is 38.4 Å². The van der Waals surface area contributed by atoms with Gasteiger partial charge in [0, 0.05) is 24.4 Å². The van der Waals surface area contributed by atoms with Gasteiger partial charge >= 0.3 is 0 Å². The number of aromatic nitrogens is 2. The molecule has 0 aromatic carbocycles. The van der Waals surface area contributed by atoms with Crippen LogP contribution in [-0.2, 0) is 6.42 Å². The molecule has 1 unspecified atom stereocenters. The molecule has 0 spiro atoms. The molecule has 3 rings (SSSR count). The summed E-state index contributed by atoms with van der Waals surface area (Å²) in [5.74, 6) is 0.251. The highest BCUT2D eigenvalue weighted by Gasteiger charge is 2.18. The summed E-state index contributed by atoms with van der Waals surface area (Å²) in [6.45, 7) is 3.17. The van der Waals surface area contributed by atoms with Crippen molar-refractivity contribution in [2.24, 2.45) is 0 Å². The maximum atomic E-state index is 9.77. The van der Waals surface area contributed by atoms with E-state index in [4.69, 9.17) is 0 Å². The smallest absolute Gasteiger partial charge is 0.179 e. The van der Waals surface area contributed by atoms with Crippen molar-refractivity contribution in [3.63, 3.8) is 0 Å². The Labute approximate surface area is 100 Å². The first-order valence-electron chi connectivity index (χ1n) is 6.14. The Morgan fingerprint density at radius 3 is 3.18 bits per heavy atom. The van der Waals surface area contributed by atoms with E-state index in [0.717, 1.165) is 24.4 Å². The zero-order chi connectivity index (χ0) is 11.8. The first-order valence-corrected chi connectivity index (χ1v) is 6.14. The topological polar surface area (TPSA) is 49.6 Å². The van der Waals surface area contributed by atoms with E-state index in [2.05, 4.69) is 17.2 Å². The molecule has 3 heterocycles. The van der Waals surface area contributed by atoms with Gasteiger partial charge in [0.2, 0.25) is 0 Å². The van der Waals surface area contributed by atoms with Gasteiger partial charge in [-0.3, -0.25) is 0 Å². The fourth-order valence-corrected chi connectivity index (χ4v) is 2.58. The lowest BCUT2D eigenvalue weighted by Crippen LogP contribution is -2.24. The van der Waals surface area contributed by atoms with E-state index in [1.807, 2.05) is 16.7 Å². The van der Waals surface area contributed by atoms with Crippen molar-refractivity contribution >= 4 is 5.65 Å². The molecule has 0 amide bonds. The Morgan fingerprint density at radius 1 is 1.59 bits per heavy atom. The fraction of sp³-hybridized carbons (Fsp3) is 0.462. The Balaban J connectivity index is 1.99. The molecule has 0 aliphatic carbocycles. The second-order valence-electron chi connectivity index (χ2n) is 4.73. The normalized spacial score (nSPS) is 20.2. The summed E-state index contributed by atoms with van der Waals surface area (Å²) in [6, 6.07) is 4.06. The van der Waals surface area contributed by atoms with Crippen LogP contribution < -0.4 is 5.32 Å². The highest BCUT2D eigenvalue weighted by molar-refractivity contribution is 5.55. The number of nitrogens with zero attached hydrogens (tertiary/aromatic N) is 2. The van der Waals surface area contributed by atoms with E-state index in [1.165, 1.54) is 12.8 Å². The second kappa shape index (κ2) is 4.04. The minimum atomic E-state index is 0.251. The van der Waals surface area contributed by atoms with Crippen LogP contribution in [0.15, 0.2) is 18.3 Å². The molecular weight excluding hydrogens is 214 g/mol. The van der Waals surface area contributed by atoms with E-state index in [-0.39, 0.29) is 5.75 Å². The highest BCUT2D eigenvalue weighted by atomic mass is 16.3. The van der Waals surface area contributed by atoms with Crippen LogP contribution in [0.1, 0.15) is 24.2 Å². The standard InChI is InChI=1S/C13H17N3O/c1-9-11(8-10-4-2-6-14-10)15-13-12(17)5-3-7-16(9)13/h3,5,7,10,14,17H,2,4,6,8H2,1H3. The maximum absolute atomic E-state index is 9.77. The number of rotatable bonds is 2. The Bertz CT molecular complexity index is 541. The quantitative estimate of drug-likeness (QED) is 0.826. The van der Waals surface area contributed by atoms with Crippen molar-refractivity contribution in [2.45, 2.75) is 32.2 Å². The van der Waals surface area contributed by atoms with Crippen LogP contribution in [0.25, 0.3) is 5.65 Å². The summed E-state index contributed by atoms with van der Waals surface area (Å²) in [4.78, 5) is 4.55. The van der Waals surface area contributed by atoms with Crippen molar-refractivity contribution in [1.29, 1.82) is 0 Å². The van der Waals surface area contributed by atoms with Crippen LogP contribution in [-0.4, -0.2) is 27.1 Å². The Hall–Kier alpha value is -1.55. The molecule has 90 valence electrons. The van der Waals surface area contributed by atoms with Crippen LogP contribution in [0.2, 0.25) is 0 Å². The number of imidazole rings is 1. The van der Waals surface area contributed by atoms with Crippen molar-refractivity contribution in [2.75, 3.05) is 6.54 Å². The predicted octanol–water partition coefficient (Wildman–Crippen LogP) is 1.64. The van der Waals surface area contributed by atoms with Crippen LogP contribution in [0.4, 0.5) is 0 Å². The van der Waals surface area contributed by atoms with E-state index < -0.39 is 0 Å². The average molecular weight is 231 g/mol. The molecule has 0 bridgehead atoms. The molecule has 17 heavy (non-hydrogen) atoms. The number of aryl methyl sites for hydroxylation is 1. The van der Waals surface area contributed by atoms with Gasteiger partial charge in [0.15, 0.2) is 11.4 Å². The average Bonchev–Trinajstić information content (AvgIpc) is 2.92. The number of fused-ring (bicyclic) bond motifs is 1. The van der Waals surface area contributed by atoms with Gasteiger partial charge in [0.05, 0.1) is 5.69 Å². The molecule has 4 nitrogen and oxygen atoms in total. The van der Waals surface area contributed by atoms with Crippen molar-refractivity contribution in [3.8, 4) is 5.75 Å². The van der Waals surface area contributed by atoms with E-state index >= 15 is 0 Å². The number of hydrogen-bond acceptors (Lipinski definition) is 3. The third kappa shape index (κ3) is 1.78. The number of hydrogen-bond donors (Lipinski definition) is 2. The van der Waals surface area contributed by atoms with Crippen molar-refractivity contribution in [3.05, 3.63) is 29.7 Å². The first kappa shape index (κ1) is 10.6. The second-order valence-corrected chi connectivity index (χ2v) is 4.73. The van der Waals surface area contributed by atoms with E-state index in [1.54, 1.807) is 6.07 Å². The van der Waals surface area contributed by atoms with E-state index in [9.17, 15) is 5.11 Å². The Kier molecular flexibility index (Phi) is 2.52. The maximum Gasteiger partial charge on any atom is 0.179 e. The van der Waals surface area contributed by atoms with Gasteiger partial charge in [-0.25, -0.2) is 4.98 Å². The van der Waals surface area contributed by atoms with Gasteiger partial charge in [-0.2, -0.15) is 0 Å². The van der Waals surface area contributed by atoms with Crippen molar-refractivity contribution < 1.29 is 5.11 Å². The first-order chi connectivity index (χ1) is 8.25. The van der Waals surface area contributed by atoms with Crippen LogP contribution in [0.3, 0.4) is 0 Å². The molecule has 4 heteroatoms. The van der Waals surface area contributed by atoms with Gasteiger partial charge in [-0.1, -0.05) is 0 Å². The highest BCUT2D eigenvalue weighted by Crippen LogP contribution is 2.22. The lowest BCUT2D eigenvalue weighted by atomic mass is 10.1. The SMILES string of the molecule is Cc1c(CC2CCCN2)nc2c(O)cccn12. The zero-order valence-electron chi connectivity index (χ0n) is 9.98. The van der Waals surface area contributed by atoms with Crippen LogP contribution in [0, 0.1) is 6.92 Å². The molecule has 2 aromatic heterocycles. The van der Waals surface area contributed by atoms with Gasteiger partial charge in [0.25, 0.3) is 0 Å². The number of pyridine rings is 1. The zero-order valence-corrected chi connectivity index (χ0v) is 9.98. The molecule has 1 atom stereocenters. The van der Waals surface area contributed by atoms with Crippen molar-refractivity contribution in [1.82, 2.24) is 14.7 Å². The third-order valence-corrected chi connectivity index (χ3v) is 3.57. The summed E-state index contributed by atoms with van der Waals surface area (Å²) in [7, 11) is 0. The van der Waals surface area contributed by atoms with Gasteiger partial charge < -0.3 is 14.8 Å². The predicted molar refractivity (Wildman–Crippen MR) is 66.3 cm³/mol. The van der Waals surface area contributed by atoms with Gasteiger partial charge in [-0.15, -0.1) is 0 Å². The monoisotopic (exact) mass is 231 g/mol. The molecule has 1 aliphatic rings. The number of aromatic hydroxyl groups is 1. The summed E-state index contributed by atoms with van der Waals surface area (Å²) >= 11 is 0. The summed E-state index contributed by atoms with van der Waals surface area (Å²) in [6.07, 6.45) is 5.37. The summed E-state index contributed by atoms with van der Waals surface area (Å²) in [5, 5.41) is 13.3. The molecular formula is C13H17N3O. The van der Waals surface area contributed by atoms with Gasteiger partial charge in [0.1, 0.15) is 0 Å². The minimum absolute atomic E-state index is 0.251. The largest absolute Gasteiger partial charge is 0.504 e. The molecule has 1 fully saturated rings. The van der Waals surface area contributed by atoms with E-state index in [0.29, 0.717) is 11.7 Å². The molecule has 1 saturated heterocycles. The molecule has 2 aromatic rings. The molecule has 1 aliphatic heterocycles. The number of nitrogens with one attached hydrogen (secondary N) is 1. The lowest BCUT2D eigenvalue weighted by Gasteiger charge is -2.07. The third-order valence-electron chi connectivity index (χ3n) is 3.57. The lowest BCUT2D eigenvalue weighted by molar-refractivity contribution is 0.477. The summed E-state index contributed by atoms with van der Waals surface area (Å²) < 4.78 is 1.96. The molecule has 2 N–H and O–H groups in total. The molecule has 0 radical (unpaired) electrons. The minimum Gasteiger partial charge on any atom is -0.504 e.